The van der Waals surface area contributed by atoms with Crippen LogP contribution in [0.4, 0.5) is 5.82 Å². The highest BCUT2D eigenvalue weighted by Gasteiger charge is 2.34. The van der Waals surface area contributed by atoms with Gasteiger partial charge in [-0.2, -0.15) is 4.98 Å². The first-order valence-corrected chi connectivity index (χ1v) is 6.06. The monoisotopic (exact) mass is 259 g/mol. The number of aromatic nitrogens is 2. The molecule has 4 nitrogen and oxygen atoms in total. The van der Waals surface area contributed by atoms with Gasteiger partial charge in [-0.15, -0.1) is 0 Å². The van der Waals surface area contributed by atoms with E-state index in [1.807, 2.05) is 0 Å². The summed E-state index contributed by atoms with van der Waals surface area (Å²) in [4.78, 5) is 10.2. The average molecular weight is 260 g/mol. The van der Waals surface area contributed by atoms with Crippen LogP contribution < -0.4 is 4.90 Å². The van der Waals surface area contributed by atoms with Gasteiger partial charge >= 0.3 is 0 Å². The van der Waals surface area contributed by atoms with Crippen molar-refractivity contribution >= 4 is 29.0 Å². The Labute approximate surface area is 104 Å². The summed E-state index contributed by atoms with van der Waals surface area (Å²) in [6.07, 6.45) is 4.41. The molecule has 2 saturated heterocycles. The molecule has 3 heterocycles. The zero-order chi connectivity index (χ0) is 11.1. The van der Waals surface area contributed by atoms with Crippen molar-refractivity contribution in [1.82, 2.24) is 9.97 Å². The lowest BCUT2D eigenvalue weighted by Gasteiger charge is -2.33. The molecule has 2 fully saturated rings. The second-order valence-corrected chi connectivity index (χ2v) is 4.92. The van der Waals surface area contributed by atoms with E-state index < -0.39 is 0 Å². The van der Waals surface area contributed by atoms with Gasteiger partial charge in [-0.1, -0.05) is 11.6 Å². The standard InChI is InChI=1S/C10H11Cl2N3O/c11-8-3-13-10(12)14-9(8)15-4-6-1-2-7(5-15)16-6/h3,6-7H,1-2,4-5H2. The Hall–Kier alpha value is -0.580. The summed E-state index contributed by atoms with van der Waals surface area (Å²) < 4.78 is 5.76. The molecule has 86 valence electrons. The number of fused-ring (bicyclic) bond motifs is 2. The molecule has 2 bridgehead atoms. The second kappa shape index (κ2) is 4.02. The minimum Gasteiger partial charge on any atom is -0.371 e. The highest BCUT2D eigenvalue weighted by Crippen LogP contribution is 2.32. The summed E-state index contributed by atoms with van der Waals surface area (Å²) in [5.74, 6) is 0.724. The molecule has 0 N–H and O–H groups in total. The molecule has 2 atom stereocenters. The molecule has 0 amide bonds. The van der Waals surface area contributed by atoms with Crippen LogP contribution in [0.1, 0.15) is 12.8 Å². The average Bonchev–Trinajstić information content (AvgIpc) is 2.61. The predicted molar refractivity (Wildman–Crippen MR) is 62.2 cm³/mol. The molecule has 16 heavy (non-hydrogen) atoms. The summed E-state index contributed by atoms with van der Waals surface area (Å²) in [7, 11) is 0. The Morgan fingerprint density at radius 3 is 2.62 bits per heavy atom. The van der Waals surface area contributed by atoms with E-state index in [0.717, 1.165) is 31.7 Å². The van der Waals surface area contributed by atoms with Crippen LogP contribution in [0.15, 0.2) is 6.20 Å². The van der Waals surface area contributed by atoms with Crippen molar-refractivity contribution < 1.29 is 4.74 Å². The highest BCUT2D eigenvalue weighted by atomic mass is 35.5. The number of rotatable bonds is 1. The third-order valence-corrected chi connectivity index (χ3v) is 3.49. The molecule has 3 rings (SSSR count). The second-order valence-electron chi connectivity index (χ2n) is 4.17. The van der Waals surface area contributed by atoms with Crippen LogP contribution >= 0.6 is 23.2 Å². The summed E-state index contributed by atoms with van der Waals surface area (Å²) >= 11 is 11.9. The van der Waals surface area contributed by atoms with Crippen LogP contribution in [-0.4, -0.2) is 35.3 Å². The highest BCUT2D eigenvalue weighted by molar-refractivity contribution is 6.33. The largest absolute Gasteiger partial charge is 0.371 e. The Balaban J connectivity index is 1.89. The molecule has 0 aromatic carbocycles. The van der Waals surface area contributed by atoms with E-state index in [-0.39, 0.29) is 5.28 Å². The molecule has 2 aliphatic rings. The van der Waals surface area contributed by atoms with Crippen LogP contribution in [0.5, 0.6) is 0 Å². The van der Waals surface area contributed by atoms with E-state index >= 15 is 0 Å². The lowest BCUT2D eigenvalue weighted by Crippen LogP contribution is -2.43. The smallest absolute Gasteiger partial charge is 0.224 e. The Bertz CT molecular complexity index is 403. The maximum Gasteiger partial charge on any atom is 0.224 e. The van der Waals surface area contributed by atoms with Crippen LogP contribution in [0.25, 0.3) is 0 Å². The molecule has 0 spiro atoms. The number of morpholine rings is 1. The van der Waals surface area contributed by atoms with E-state index in [4.69, 9.17) is 27.9 Å². The van der Waals surface area contributed by atoms with Gasteiger partial charge in [0.2, 0.25) is 5.28 Å². The Morgan fingerprint density at radius 2 is 1.94 bits per heavy atom. The minimum atomic E-state index is 0.234. The zero-order valence-corrected chi connectivity index (χ0v) is 10.1. The fourth-order valence-corrected chi connectivity index (χ4v) is 2.69. The predicted octanol–water partition coefficient (Wildman–Crippen LogP) is 2.15. The van der Waals surface area contributed by atoms with Crippen molar-refractivity contribution in [3.8, 4) is 0 Å². The fourth-order valence-electron chi connectivity index (χ4n) is 2.35. The normalized spacial score (nSPS) is 28.5. The molecule has 0 radical (unpaired) electrons. The lowest BCUT2D eigenvalue weighted by atomic mass is 10.2. The number of hydrogen-bond donors (Lipinski definition) is 0. The molecule has 2 unspecified atom stereocenters. The first-order valence-electron chi connectivity index (χ1n) is 5.31. The van der Waals surface area contributed by atoms with Crippen molar-refractivity contribution in [3.63, 3.8) is 0 Å². The topological polar surface area (TPSA) is 38.2 Å². The fraction of sp³-hybridized carbons (Fsp3) is 0.600. The summed E-state index contributed by atoms with van der Waals surface area (Å²) in [5.41, 5.74) is 0. The first-order chi connectivity index (χ1) is 7.72. The molecular formula is C10H11Cl2N3O. The number of halogens is 2. The van der Waals surface area contributed by atoms with Crippen molar-refractivity contribution in [2.24, 2.45) is 0 Å². The SMILES string of the molecule is Clc1ncc(Cl)c(N2CC3CCC(C2)O3)n1. The van der Waals surface area contributed by atoms with E-state index in [2.05, 4.69) is 14.9 Å². The maximum atomic E-state index is 6.08. The van der Waals surface area contributed by atoms with Crippen molar-refractivity contribution in [3.05, 3.63) is 16.5 Å². The van der Waals surface area contributed by atoms with Crippen molar-refractivity contribution in [2.75, 3.05) is 18.0 Å². The van der Waals surface area contributed by atoms with Gasteiger partial charge in [-0.05, 0) is 24.4 Å². The van der Waals surface area contributed by atoms with E-state index in [0.29, 0.717) is 17.2 Å². The van der Waals surface area contributed by atoms with Gasteiger partial charge < -0.3 is 9.64 Å². The minimum absolute atomic E-state index is 0.234. The zero-order valence-electron chi connectivity index (χ0n) is 8.57. The molecule has 0 saturated carbocycles. The van der Waals surface area contributed by atoms with Gasteiger partial charge in [-0.25, -0.2) is 4.98 Å². The van der Waals surface area contributed by atoms with Gasteiger partial charge in [-0.3, -0.25) is 0 Å². The molecule has 1 aromatic rings. The van der Waals surface area contributed by atoms with Crippen LogP contribution in [-0.2, 0) is 4.74 Å². The Kier molecular flexibility index (Phi) is 2.65. The first kappa shape index (κ1) is 10.6. The van der Waals surface area contributed by atoms with E-state index in [1.54, 1.807) is 6.20 Å². The van der Waals surface area contributed by atoms with Gasteiger partial charge in [0.15, 0.2) is 5.82 Å². The van der Waals surface area contributed by atoms with E-state index in [9.17, 15) is 0 Å². The number of nitrogens with zero attached hydrogens (tertiary/aromatic N) is 3. The quantitative estimate of drug-likeness (QED) is 0.725. The van der Waals surface area contributed by atoms with E-state index in [1.165, 1.54) is 0 Å². The van der Waals surface area contributed by atoms with Crippen LogP contribution in [0.2, 0.25) is 10.3 Å². The molecule has 2 aliphatic heterocycles. The van der Waals surface area contributed by atoms with Crippen LogP contribution in [0.3, 0.4) is 0 Å². The summed E-state index contributed by atoms with van der Waals surface area (Å²) in [6, 6.07) is 0. The Morgan fingerprint density at radius 1 is 1.25 bits per heavy atom. The van der Waals surface area contributed by atoms with Crippen molar-refractivity contribution in [2.45, 2.75) is 25.0 Å². The van der Waals surface area contributed by atoms with Gasteiger partial charge in [0, 0.05) is 13.1 Å². The number of hydrogen-bond acceptors (Lipinski definition) is 4. The number of ether oxygens (including phenoxy) is 1. The molecular weight excluding hydrogens is 249 g/mol. The molecule has 1 aromatic heterocycles. The summed E-state index contributed by atoms with van der Waals surface area (Å²) in [5, 5.41) is 0.781. The van der Waals surface area contributed by atoms with Crippen molar-refractivity contribution in [1.29, 1.82) is 0 Å². The van der Waals surface area contributed by atoms with Gasteiger partial charge in [0.25, 0.3) is 0 Å². The van der Waals surface area contributed by atoms with Crippen LogP contribution in [0, 0.1) is 0 Å². The number of anilines is 1. The van der Waals surface area contributed by atoms with Gasteiger partial charge in [0.05, 0.1) is 18.4 Å². The molecule has 0 aliphatic carbocycles. The summed E-state index contributed by atoms with van der Waals surface area (Å²) in [6.45, 7) is 1.67. The third kappa shape index (κ3) is 1.85. The maximum absolute atomic E-state index is 6.08. The molecule has 6 heteroatoms. The van der Waals surface area contributed by atoms with Gasteiger partial charge in [0.1, 0.15) is 5.02 Å². The lowest BCUT2D eigenvalue weighted by molar-refractivity contribution is 0.0302. The third-order valence-electron chi connectivity index (χ3n) is 3.04.